The molecule has 0 radical (unpaired) electrons. The Balaban J connectivity index is 0.000000209. The molecule has 0 amide bonds. The van der Waals surface area contributed by atoms with Crippen LogP contribution in [0.3, 0.4) is 0 Å². The van der Waals surface area contributed by atoms with Crippen LogP contribution in [0.25, 0.3) is 0 Å². The SMILES string of the molecule is COC(=O)c1cnc(Cl)nc1Cl.COC(=O)c1cnc(Cl)nc1N1CCCC1. The van der Waals surface area contributed by atoms with Crippen molar-refractivity contribution in [3.05, 3.63) is 39.2 Å². The molecular weight excluding hydrogens is 433 g/mol. The minimum Gasteiger partial charge on any atom is -0.465 e. The van der Waals surface area contributed by atoms with Gasteiger partial charge in [-0.3, -0.25) is 0 Å². The second kappa shape index (κ2) is 10.4. The van der Waals surface area contributed by atoms with Gasteiger partial charge >= 0.3 is 11.9 Å². The van der Waals surface area contributed by atoms with Crippen molar-refractivity contribution in [3.63, 3.8) is 0 Å². The molecule has 1 saturated heterocycles. The minimum absolute atomic E-state index is 0.00680. The van der Waals surface area contributed by atoms with Crippen molar-refractivity contribution in [1.82, 2.24) is 19.9 Å². The fraction of sp³-hybridized carbons (Fsp3) is 0.375. The highest BCUT2D eigenvalue weighted by atomic mass is 35.5. The number of nitrogens with zero attached hydrogens (tertiary/aromatic N) is 5. The Morgan fingerprint density at radius 2 is 1.39 bits per heavy atom. The summed E-state index contributed by atoms with van der Waals surface area (Å²) in [6, 6.07) is 0. The van der Waals surface area contributed by atoms with Gasteiger partial charge in [-0.1, -0.05) is 11.6 Å². The highest BCUT2D eigenvalue weighted by Gasteiger charge is 2.22. The van der Waals surface area contributed by atoms with Gasteiger partial charge < -0.3 is 14.4 Å². The van der Waals surface area contributed by atoms with Gasteiger partial charge in [-0.25, -0.2) is 24.5 Å². The molecule has 28 heavy (non-hydrogen) atoms. The standard InChI is InChI=1S/C10H12ClN3O2.C6H4Cl2N2O2/c1-16-9(15)7-6-12-10(11)13-8(7)14-4-2-3-5-14;1-12-5(11)3-2-9-6(8)10-4(3)7/h6H,2-5H2,1H3;2H,1H3. The lowest BCUT2D eigenvalue weighted by atomic mass is 10.3. The molecule has 9 nitrogen and oxygen atoms in total. The van der Waals surface area contributed by atoms with Crippen molar-refractivity contribution in [2.45, 2.75) is 12.8 Å². The number of aromatic nitrogens is 4. The number of carbonyl (C=O) groups excluding carboxylic acids is 2. The van der Waals surface area contributed by atoms with E-state index in [1.807, 2.05) is 4.90 Å². The van der Waals surface area contributed by atoms with Gasteiger partial charge in [0.15, 0.2) is 0 Å². The van der Waals surface area contributed by atoms with Crippen LogP contribution in [0.4, 0.5) is 5.82 Å². The number of ether oxygens (including phenoxy) is 2. The Bertz CT molecular complexity index is 862. The lowest BCUT2D eigenvalue weighted by Crippen LogP contribution is -2.23. The third kappa shape index (κ3) is 5.63. The van der Waals surface area contributed by atoms with Gasteiger partial charge in [-0.05, 0) is 36.0 Å². The van der Waals surface area contributed by atoms with Crippen molar-refractivity contribution in [2.24, 2.45) is 0 Å². The smallest absolute Gasteiger partial charge is 0.343 e. The number of hydrogen-bond donors (Lipinski definition) is 0. The Morgan fingerprint density at radius 1 is 0.893 bits per heavy atom. The zero-order valence-electron chi connectivity index (χ0n) is 15.0. The maximum atomic E-state index is 11.5. The normalized spacial score (nSPS) is 12.8. The Labute approximate surface area is 176 Å². The topological polar surface area (TPSA) is 107 Å². The van der Waals surface area contributed by atoms with Gasteiger partial charge in [0.05, 0.1) is 14.2 Å². The van der Waals surface area contributed by atoms with Crippen molar-refractivity contribution in [3.8, 4) is 0 Å². The molecule has 0 bridgehead atoms. The Kier molecular flexibility index (Phi) is 8.16. The zero-order valence-corrected chi connectivity index (χ0v) is 17.3. The van der Waals surface area contributed by atoms with E-state index in [4.69, 9.17) is 34.8 Å². The summed E-state index contributed by atoms with van der Waals surface area (Å²) >= 11 is 16.7. The number of halogens is 3. The number of esters is 2. The van der Waals surface area contributed by atoms with Crippen molar-refractivity contribution >= 4 is 52.6 Å². The van der Waals surface area contributed by atoms with Crippen LogP contribution in [-0.2, 0) is 9.47 Å². The van der Waals surface area contributed by atoms with Gasteiger partial charge in [0, 0.05) is 25.5 Å². The van der Waals surface area contributed by atoms with Crippen molar-refractivity contribution in [2.75, 3.05) is 32.2 Å². The molecule has 0 aliphatic carbocycles. The fourth-order valence-corrected chi connectivity index (χ4v) is 2.88. The molecule has 0 saturated carbocycles. The maximum absolute atomic E-state index is 11.5. The van der Waals surface area contributed by atoms with E-state index >= 15 is 0 Å². The van der Waals surface area contributed by atoms with E-state index < -0.39 is 11.9 Å². The summed E-state index contributed by atoms with van der Waals surface area (Å²) in [7, 11) is 2.58. The zero-order chi connectivity index (χ0) is 20.7. The van der Waals surface area contributed by atoms with Gasteiger partial charge in [0.2, 0.25) is 10.6 Å². The van der Waals surface area contributed by atoms with Gasteiger partial charge in [0.25, 0.3) is 0 Å². The molecule has 1 aliphatic rings. The van der Waals surface area contributed by atoms with E-state index in [-0.39, 0.29) is 21.3 Å². The predicted octanol–water partition coefficient (Wildman–Crippen LogP) is 3.09. The molecule has 0 atom stereocenters. The van der Waals surface area contributed by atoms with Crippen LogP contribution in [0.2, 0.25) is 15.7 Å². The van der Waals surface area contributed by atoms with E-state index in [1.165, 1.54) is 26.6 Å². The van der Waals surface area contributed by atoms with Crippen LogP contribution < -0.4 is 4.90 Å². The first kappa shape index (κ1) is 22.1. The van der Waals surface area contributed by atoms with E-state index in [0.29, 0.717) is 11.4 Å². The fourth-order valence-electron chi connectivity index (χ4n) is 2.36. The molecule has 150 valence electrons. The lowest BCUT2D eigenvalue weighted by molar-refractivity contribution is 0.0591. The Hall–Kier alpha value is -2.23. The minimum atomic E-state index is -0.586. The maximum Gasteiger partial charge on any atom is 0.343 e. The number of anilines is 1. The second-order valence-electron chi connectivity index (χ2n) is 5.40. The number of carbonyl (C=O) groups is 2. The average molecular weight is 449 g/mol. The summed E-state index contributed by atoms with van der Waals surface area (Å²) in [6.07, 6.45) is 4.82. The first-order chi connectivity index (χ1) is 13.4. The number of rotatable bonds is 3. The average Bonchev–Trinajstić information content (AvgIpc) is 3.22. The van der Waals surface area contributed by atoms with Crippen LogP contribution in [0, 0.1) is 0 Å². The highest BCUT2D eigenvalue weighted by molar-refractivity contribution is 6.33. The Morgan fingerprint density at radius 3 is 1.93 bits per heavy atom. The van der Waals surface area contributed by atoms with Crippen molar-refractivity contribution in [1.29, 1.82) is 0 Å². The lowest BCUT2D eigenvalue weighted by Gasteiger charge is -2.18. The second-order valence-corrected chi connectivity index (χ2v) is 6.43. The molecule has 3 heterocycles. The first-order valence-corrected chi connectivity index (χ1v) is 9.13. The quantitative estimate of drug-likeness (QED) is 0.397. The monoisotopic (exact) mass is 447 g/mol. The molecule has 2 aromatic rings. The molecular formula is C16H16Cl3N5O4. The summed E-state index contributed by atoms with van der Waals surface area (Å²) in [4.78, 5) is 39.5. The first-order valence-electron chi connectivity index (χ1n) is 7.99. The van der Waals surface area contributed by atoms with E-state index in [1.54, 1.807) is 0 Å². The molecule has 0 unspecified atom stereocenters. The largest absolute Gasteiger partial charge is 0.465 e. The molecule has 1 fully saturated rings. The summed E-state index contributed by atoms with van der Waals surface area (Å²) in [5.74, 6) is -0.445. The molecule has 2 aromatic heterocycles. The van der Waals surface area contributed by atoms with Crippen LogP contribution >= 0.6 is 34.8 Å². The third-order valence-corrected chi connectivity index (χ3v) is 4.32. The summed E-state index contributed by atoms with van der Waals surface area (Å²) < 4.78 is 9.10. The van der Waals surface area contributed by atoms with Crippen molar-refractivity contribution < 1.29 is 19.1 Å². The molecule has 3 rings (SSSR count). The van der Waals surface area contributed by atoms with E-state index in [2.05, 4.69) is 29.4 Å². The predicted molar refractivity (Wildman–Crippen MR) is 103 cm³/mol. The van der Waals surface area contributed by atoms with Crippen LogP contribution in [0.5, 0.6) is 0 Å². The van der Waals surface area contributed by atoms with E-state index in [9.17, 15) is 9.59 Å². The summed E-state index contributed by atoms with van der Waals surface area (Å²) in [6.45, 7) is 1.77. The van der Waals surface area contributed by atoms with E-state index in [0.717, 1.165) is 25.9 Å². The number of methoxy groups -OCH3 is 2. The van der Waals surface area contributed by atoms with Crippen LogP contribution in [0.1, 0.15) is 33.6 Å². The molecule has 12 heteroatoms. The highest BCUT2D eigenvalue weighted by Crippen LogP contribution is 2.23. The van der Waals surface area contributed by atoms with Gasteiger partial charge in [-0.2, -0.15) is 4.98 Å². The molecule has 0 spiro atoms. The van der Waals surface area contributed by atoms with Crippen LogP contribution in [0.15, 0.2) is 12.4 Å². The molecule has 0 N–H and O–H groups in total. The number of hydrogen-bond acceptors (Lipinski definition) is 9. The van der Waals surface area contributed by atoms with Crippen LogP contribution in [-0.4, -0.2) is 59.2 Å². The van der Waals surface area contributed by atoms with Gasteiger partial charge in [0.1, 0.15) is 22.1 Å². The molecule has 0 aromatic carbocycles. The summed E-state index contributed by atoms with van der Waals surface area (Å²) in [5, 5.41) is 0.129. The third-order valence-electron chi connectivity index (χ3n) is 3.67. The van der Waals surface area contributed by atoms with Gasteiger partial charge in [-0.15, -0.1) is 0 Å². The summed E-state index contributed by atoms with van der Waals surface area (Å²) in [5.41, 5.74) is 0.470. The molecule has 1 aliphatic heterocycles.